The molecule has 1 unspecified atom stereocenters. The van der Waals surface area contributed by atoms with Crippen LogP contribution in [-0.2, 0) is 18.7 Å². The highest BCUT2D eigenvalue weighted by Gasteiger charge is 2.25. The molecule has 1 atom stereocenters. The number of hydrogen-bond donors (Lipinski definition) is 5. The summed E-state index contributed by atoms with van der Waals surface area (Å²) in [5.74, 6) is -2.00. The lowest BCUT2D eigenvalue weighted by molar-refractivity contribution is -0.117. The largest absolute Gasteiger partial charge is 0.471 e. The third kappa shape index (κ3) is 6.19. The van der Waals surface area contributed by atoms with Gasteiger partial charge in [-0.15, -0.1) is 0 Å². The number of primary amides is 2. The van der Waals surface area contributed by atoms with Crippen molar-refractivity contribution in [1.29, 1.82) is 0 Å². The number of phosphoric ester groups is 1. The van der Waals surface area contributed by atoms with Crippen LogP contribution in [0.25, 0.3) is 0 Å². The second-order valence-corrected chi connectivity index (χ2v) is 5.05. The molecule has 0 saturated heterocycles. The standard InChI is InChI=1S/C11H14N3O6P/c12-9(15)6-8(10(13)16)14-11(20-21(17,18)19)7-4-2-1-3-5-7/h1-6,11,14H,(H2,12,15)(H2,13,16)(H2,17,18,19)/b8-6-. The highest BCUT2D eigenvalue weighted by Crippen LogP contribution is 2.41. The molecule has 0 aliphatic carbocycles. The molecule has 0 radical (unpaired) electrons. The molecule has 0 bridgehead atoms. The van der Waals surface area contributed by atoms with Gasteiger partial charge in [-0.1, -0.05) is 30.3 Å². The van der Waals surface area contributed by atoms with Gasteiger partial charge in [0.25, 0.3) is 5.91 Å². The average Bonchev–Trinajstić information content (AvgIpc) is 2.36. The van der Waals surface area contributed by atoms with Gasteiger partial charge >= 0.3 is 7.82 Å². The molecule has 0 spiro atoms. The van der Waals surface area contributed by atoms with Crippen molar-refractivity contribution in [1.82, 2.24) is 5.32 Å². The van der Waals surface area contributed by atoms with E-state index in [1.54, 1.807) is 18.2 Å². The Morgan fingerprint density at radius 3 is 2.24 bits per heavy atom. The topological polar surface area (TPSA) is 165 Å². The minimum atomic E-state index is -4.87. The molecule has 7 N–H and O–H groups in total. The predicted molar refractivity (Wildman–Crippen MR) is 71.9 cm³/mol. The molecule has 0 aliphatic heterocycles. The highest BCUT2D eigenvalue weighted by molar-refractivity contribution is 7.46. The minimum absolute atomic E-state index is 0.303. The van der Waals surface area contributed by atoms with E-state index in [-0.39, 0.29) is 0 Å². The Bertz CT molecular complexity index is 597. The maximum atomic E-state index is 11.2. The van der Waals surface area contributed by atoms with Crippen LogP contribution in [0.5, 0.6) is 0 Å². The smallest absolute Gasteiger partial charge is 0.366 e. The van der Waals surface area contributed by atoms with Crippen molar-refractivity contribution >= 4 is 19.6 Å². The number of carbonyl (C=O) groups excluding carboxylic acids is 2. The Labute approximate surface area is 119 Å². The lowest BCUT2D eigenvalue weighted by atomic mass is 10.2. The normalized spacial score (nSPS) is 13.5. The van der Waals surface area contributed by atoms with Crippen molar-refractivity contribution in [2.24, 2.45) is 11.5 Å². The summed E-state index contributed by atoms with van der Waals surface area (Å²) in [5, 5.41) is 2.33. The molecule has 0 saturated carbocycles. The first-order valence-corrected chi connectivity index (χ1v) is 7.08. The van der Waals surface area contributed by atoms with Gasteiger partial charge in [0.05, 0.1) is 0 Å². The fraction of sp³-hybridized carbons (Fsp3) is 0.0909. The third-order valence-electron chi connectivity index (χ3n) is 2.18. The molecule has 1 rings (SSSR count). The maximum Gasteiger partial charge on any atom is 0.471 e. The number of rotatable bonds is 7. The summed E-state index contributed by atoms with van der Waals surface area (Å²) >= 11 is 0. The molecule has 0 heterocycles. The molecule has 1 aromatic carbocycles. The van der Waals surface area contributed by atoms with E-state index in [9.17, 15) is 14.2 Å². The number of phosphoric acid groups is 1. The van der Waals surface area contributed by atoms with Gasteiger partial charge in [-0.3, -0.25) is 14.1 Å². The van der Waals surface area contributed by atoms with Gasteiger partial charge in [0.2, 0.25) is 5.91 Å². The van der Waals surface area contributed by atoms with E-state index < -0.39 is 31.6 Å². The molecule has 114 valence electrons. The Balaban J connectivity index is 3.10. The lowest BCUT2D eigenvalue weighted by Gasteiger charge is -2.21. The molecule has 0 fully saturated rings. The zero-order valence-corrected chi connectivity index (χ0v) is 11.6. The zero-order valence-electron chi connectivity index (χ0n) is 10.7. The van der Waals surface area contributed by atoms with E-state index in [2.05, 4.69) is 9.84 Å². The van der Waals surface area contributed by atoms with Crippen LogP contribution in [0.3, 0.4) is 0 Å². The number of nitrogens with one attached hydrogen (secondary N) is 1. The van der Waals surface area contributed by atoms with Crippen LogP contribution in [0.4, 0.5) is 0 Å². The molecule has 1 aromatic rings. The maximum absolute atomic E-state index is 11.2. The summed E-state index contributed by atoms with van der Waals surface area (Å²) in [4.78, 5) is 39.8. The van der Waals surface area contributed by atoms with E-state index in [1.165, 1.54) is 12.1 Å². The fourth-order valence-electron chi connectivity index (χ4n) is 1.40. The van der Waals surface area contributed by atoms with E-state index in [1.807, 2.05) is 0 Å². The van der Waals surface area contributed by atoms with Gasteiger partial charge in [-0.25, -0.2) is 4.57 Å². The van der Waals surface area contributed by atoms with Gasteiger partial charge in [0, 0.05) is 11.6 Å². The van der Waals surface area contributed by atoms with E-state index >= 15 is 0 Å². The Morgan fingerprint density at radius 2 is 1.81 bits per heavy atom. The van der Waals surface area contributed by atoms with E-state index in [0.29, 0.717) is 11.6 Å². The van der Waals surface area contributed by atoms with E-state index in [4.69, 9.17) is 21.3 Å². The van der Waals surface area contributed by atoms with Crippen LogP contribution in [0, 0.1) is 0 Å². The first-order valence-electron chi connectivity index (χ1n) is 5.55. The molecule has 21 heavy (non-hydrogen) atoms. The van der Waals surface area contributed by atoms with Crippen LogP contribution in [0.2, 0.25) is 0 Å². The van der Waals surface area contributed by atoms with Crippen LogP contribution >= 0.6 is 7.82 Å². The van der Waals surface area contributed by atoms with Crippen molar-refractivity contribution in [3.63, 3.8) is 0 Å². The number of hydrogen-bond acceptors (Lipinski definition) is 5. The number of benzene rings is 1. The highest BCUT2D eigenvalue weighted by atomic mass is 31.2. The minimum Gasteiger partial charge on any atom is -0.366 e. The first-order chi connectivity index (χ1) is 9.69. The molecule has 0 aliphatic rings. The van der Waals surface area contributed by atoms with Crippen LogP contribution in [0.15, 0.2) is 42.1 Å². The van der Waals surface area contributed by atoms with Crippen molar-refractivity contribution in [3.05, 3.63) is 47.7 Å². The summed E-state index contributed by atoms with van der Waals surface area (Å²) in [5.41, 5.74) is 9.83. The SMILES string of the molecule is NC(=O)/C=C(\NC(OP(=O)(O)O)c1ccccc1)C(N)=O. The first kappa shape index (κ1) is 16.9. The predicted octanol–water partition coefficient (Wildman–Crippen LogP) is -0.761. The van der Waals surface area contributed by atoms with Gasteiger partial charge in [0.15, 0.2) is 6.23 Å². The zero-order chi connectivity index (χ0) is 16.0. The molecule has 2 amide bonds. The van der Waals surface area contributed by atoms with Crippen LogP contribution in [0.1, 0.15) is 11.8 Å². The summed E-state index contributed by atoms with van der Waals surface area (Å²) in [7, 11) is -4.87. The van der Waals surface area contributed by atoms with E-state index in [0.717, 1.165) is 0 Å². The Kier molecular flexibility index (Phi) is 5.62. The van der Waals surface area contributed by atoms with Gasteiger partial charge in [-0.05, 0) is 0 Å². The second kappa shape index (κ2) is 7.00. The monoisotopic (exact) mass is 315 g/mol. The number of amides is 2. The third-order valence-corrected chi connectivity index (χ3v) is 2.67. The Hall–Kier alpha value is -2.19. The van der Waals surface area contributed by atoms with Crippen LogP contribution in [-0.4, -0.2) is 21.6 Å². The van der Waals surface area contributed by atoms with Crippen molar-refractivity contribution < 1.29 is 28.5 Å². The summed E-state index contributed by atoms with van der Waals surface area (Å²) in [6.07, 6.45) is -0.702. The average molecular weight is 315 g/mol. The quantitative estimate of drug-likeness (QED) is 0.250. The van der Waals surface area contributed by atoms with Crippen molar-refractivity contribution in [3.8, 4) is 0 Å². The van der Waals surface area contributed by atoms with Crippen molar-refractivity contribution in [2.75, 3.05) is 0 Å². The number of nitrogens with two attached hydrogens (primary N) is 2. The molecular weight excluding hydrogens is 301 g/mol. The van der Waals surface area contributed by atoms with Crippen molar-refractivity contribution in [2.45, 2.75) is 6.23 Å². The van der Waals surface area contributed by atoms with Gasteiger partial charge < -0.3 is 26.6 Å². The Morgan fingerprint density at radius 1 is 1.24 bits per heavy atom. The molecular formula is C11H14N3O6P. The summed E-state index contributed by atoms with van der Waals surface area (Å²) < 4.78 is 15.5. The summed E-state index contributed by atoms with van der Waals surface area (Å²) in [6.45, 7) is 0. The number of carbonyl (C=O) groups is 2. The van der Waals surface area contributed by atoms with Crippen LogP contribution < -0.4 is 16.8 Å². The molecule has 9 nitrogen and oxygen atoms in total. The van der Waals surface area contributed by atoms with Gasteiger partial charge in [-0.2, -0.15) is 0 Å². The summed E-state index contributed by atoms with van der Waals surface area (Å²) in [6, 6.07) is 7.85. The fourth-order valence-corrected chi connectivity index (χ4v) is 1.85. The van der Waals surface area contributed by atoms with Gasteiger partial charge in [0.1, 0.15) is 5.70 Å². The second-order valence-electron chi connectivity index (χ2n) is 3.86. The lowest BCUT2D eigenvalue weighted by Crippen LogP contribution is -2.32. The molecule has 0 aromatic heterocycles. The molecule has 10 heteroatoms.